The van der Waals surface area contributed by atoms with Gasteiger partial charge in [-0.3, -0.25) is 10.1 Å². The summed E-state index contributed by atoms with van der Waals surface area (Å²) < 4.78 is 32.7. The van der Waals surface area contributed by atoms with Gasteiger partial charge in [0.15, 0.2) is 17.6 Å². The highest BCUT2D eigenvalue weighted by molar-refractivity contribution is 7.22. The Labute approximate surface area is 151 Å². The molecule has 0 spiro atoms. The van der Waals surface area contributed by atoms with Crippen molar-refractivity contribution >= 4 is 43.4 Å². The zero-order valence-corrected chi connectivity index (χ0v) is 14.1. The normalized spacial score (nSPS) is 11.0. The molecular weight excluding hydrogens is 358 g/mol. The quantitative estimate of drug-likeness (QED) is 0.564. The maximum Gasteiger partial charge on any atom is 0.264 e. The van der Waals surface area contributed by atoms with E-state index in [4.69, 9.17) is 4.74 Å². The molecule has 26 heavy (non-hydrogen) atoms. The highest BCUT2D eigenvalue weighted by Gasteiger charge is 2.13. The third-order valence-corrected chi connectivity index (χ3v) is 4.67. The molecular formula is C19H12F2N2O2S. The summed E-state index contributed by atoms with van der Waals surface area (Å²) in [5.74, 6) is -1.31. The number of halogens is 2. The minimum Gasteiger partial charge on any atom is -0.484 e. The van der Waals surface area contributed by atoms with Gasteiger partial charge in [-0.05, 0) is 29.0 Å². The molecule has 0 radical (unpaired) electrons. The van der Waals surface area contributed by atoms with Crippen LogP contribution in [0.3, 0.4) is 0 Å². The number of rotatable bonds is 4. The van der Waals surface area contributed by atoms with Gasteiger partial charge < -0.3 is 4.74 Å². The van der Waals surface area contributed by atoms with E-state index in [9.17, 15) is 13.6 Å². The first-order valence-corrected chi connectivity index (χ1v) is 8.57. The second-order valence-electron chi connectivity index (χ2n) is 5.60. The van der Waals surface area contributed by atoms with Gasteiger partial charge in [0.25, 0.3) is 5.91 Å². The first kappa shape index (κ1) is 16.4. The summed E-state index contributed by atoms with van der Waals surface area (Å²) >= 11 is 0.999. The van der Waals surface area contributed by atoms with Crippen molar-refractivity contribution in [2.45, 2.75) is 0 Å². The fourth-order valence-corrected chi connectivity index (χ4v) is 3.49. The molecule has 0 aliphatic rings. The van der Waals surface area contributed by atoms with E-state index >= 15 is 0 Å². The Bertz CT molecular complexity index is 1130. The lowest BCUT2D eigenvalue weighted by Crippen LogP contribution is -2.20. The molecule has 4 nitrogen and oxygen atoms in total. The molecule has 1 aromatic heterocycles. The molecule has 1 N–H and O–H groups in total. The molecule has 0 aliphatic heterocycles. The molecule has 0 saturated carbocycles. The van der Waals surface area contributed by atoms with Gasteiger partial charge in [-0.1, -0.05) is 41.7 Å². The van der Waals surface area contributed by atoms with E-state index in [1.165, 1.54) is 6.07 Å². The molecule has 1 amide bonds. The number of hydrogen-bond acceptors (Lipinski definition) is 4. The summed E-state index contributed by atoms with van der Waals surface area (Å²) in [6, 6.07) is 15.3. The van der Waals surface area contributed by atoms with E-state index in [0.29, 0.717) is 10.4 Å². The number of nitrogens with one attached hydrogen (secondary N) is 1. The summed E-state index contributed by atoms with van der Waals surface area (Å²) in [5, 5.41) is 4.82. The Morgan fingerprint density at radius 1 is 1.08 bits per heavy atom. The number of aromatic nitrogens is 1. The maximum absolute atomic E-state index is 13.7. The van der Waals surface area contributed by atoms with Gasteiger partial charge in [-0.25, -0.2) is 13.8 Å². The molecule has 0 saturated heterocycles. The van der Waals surface area contributed by atoms with Crippen LogP contribution < -0.4 is 10.1 Å². The molecule has 4 aromatic rings. The lowest BCUT2D eigenvalue weighted by atomic mass is 10.1. The van der Waals surface area contributed by atoms with Crippen molar-refractivity contribution in [2.24, 2.45) is 0 Å². The molecule has 0 atom stereocenters. The van der Waals surface area contributed by atoms with E-state index in [1.54, 1.807) is 6.07 Å². The Morgan fingerprint density at radius 2 is 1.88 bits per heavy atom. The first-order chi connectivity index (χ1) is 12.6. The van der Waals surface area contributed by atoms with Crippen LogP contribution in [0.5, 0.6) is 5.75 Å². The van der Waals surface area contributed by atoms with Gasteiger partial charge in [-0.2, -0.15) is 0 Å². The second kappa shape index (κ2) is 6.68. The minimum atomic E-state index is -0.760. The van der Waals surface area contributed by atoms with Crippen LogP contribution in [-0.2, 0) is 4.79 Å². The molecule has 0 fully saturated rings. The summed E-state index contributed by atoms with van der Waals surface area (Å²) in [7, 11) is 0. The summed E-state index contributed by atoms with van der Waals surface area (Å²) in [6.07, 6.45) is 0. The monoisotopic (exact) mass is 370 g/mol. The third kappa shape index (κ3) is 3.34. The Kier molecular flexibility index (Phi) is 4.22. The number of carbonyl (C=O) groups is 1. The third-order valence-electron chi connectivity index (χ3n) is 3.75. The van der Waals surface area contributed by atoms with Crippen LogP contribution in [0.15, 0.2) is 54.6 Å². The van der Waals surface area contributed by atoms with Gasteiger partial charge in [0.05, 0.1) is 4.70 Å². The summed E-state index contributed by atoms with van der Waals surface area (Å²) in [4.78, 5) is 16.0. The van der Waals surface area contributed by atoms with E-state index in [0.717, 1.165) is 28.2 Å². The SMILES string of the molecule is O=C(COc1ccc2ccccc2c1)Nc1nc2c(F)cc(F)cc2s1. The lowest BCUT2D eigenvalue weighted by Gasteiger charge is -2.07. The van der Waals surface area contributed by atoms with Crippen LogP contribution >= 0.6 is 11.3 Å². The number of carbonyl (C=O) groups excluding carboxylic acids is 1. The summed E-state index contributed by atoms with van der Waals surface area (Å²) in [6.45, 7) is -0.217. The average Bonchev–Trinajstić information content (AvgIpc) is 3.02. The van der Waals surface area contributed by atoms with Crippen molar-refractivity contribution in [1.82, 2.24) is 4.98 Å². The topological polar surface area (TPSA) is 51.2 Å². The van der Waals surface area contributed by atoms with Crippen molar-refractivity contribution in [3.8, 4) is 5.75 Å². The van der Waals surface area contributed by atoms with Gasteiger partial charge in [0, 0.05) is 6.07 Å². The smallest absolute Gasteiger partial charge is 0.264 e. The van der Waals surface area contributed by atoms with Crippen molar-refractivity contribution in [2.75, 3.05) is 11.9 Å². The highest BCUT2D eigenvalue weighted by Crippen LogP contribution is 2.28. The zero-order chi connectivity index (χ0) is 18.1. The number of anilines is 1. The highest BCUT2D eigenvalue weighted by atomic mass is 32.1. The molecule has 130 valence electrons. The van der Waals surface area contributed by atoms with Crippen molar-refractivity contribution in [1.29, 1.82) is 0 Å². The van der Waals surface area contributed by atoms with Crippen LogP contribution in [-0.4, -0.2) is 17.5 Å². The van der Waals surface area contributed by atoms with Crippen LogP contribution in [0, 0.1) is 11.6 Å². The fraction of sp³-hybridized carbons (Fsp3) is 0.0526. The van der Waals surface area contributed by atoms with E-state index in [1.807, 2.05) is 36.4 Å². The van der Waals surface area contributed by atoms with Crippen LogP contribution in [0.4, 0.5) is 13.9 Å². The fourth-order valence-electron chi connectivity index (χ4n) is 2.57. The van der Waals surface area contributed by atoms with Gasteiger partial charge in [0.2, 0.25) is 0 Å². The van der Waals surface area contributed by atoms with Crippen LogP contribution in [0.25, 0.3) is 21.0 Å². The number of fused-ring (bicyclic) bond motifs is 2. The zero-order valence-electron chi connectivity index (χ0n) is 13.3. The number of ether oxygens (including phenoxy) is 1. The Morgan fingerprint density at radius 3 is 2.73 bits per heavy atom. The molecule has 0 bridgehead atoms. The Hall–Kier alpha value is -3.06. The number of benzene rings is 3. The predicted octanol–water partition coefficient (Wildman–Crippen LogP) is 4.75. The first-order valence-electron chi connectivity index (χ1n) is 7.75. The van der Waals surface area contributed by atoms with Gasteiger partial charge >= 0.3 is 0 Å². The van der Waals surface area contributed by atoms with Crippen LogP contribution in [0.2, 0.25) is 0 Å². The molecule has 3 aromatic carbocycles. The molecule has 0 unspecified atom stereocenters. The predicted molar refractivity (Wildman–Crippen MR) is 97.6 cm³/mol. The van der Waals surface area contributed by atoms with Gasteiger partial charge in [0.1, 0.15) is 17.1 Å². The van der Waals surface area contributed by atoms with E-state index in [-0.39, 0.29) is 17.3 Å². The lowest BCUT2D eigenvalue weighted by molar-refractivity contribution is -0.118. The van der Waals surface area contributed by atoms with Crippen LogP contribution in [0.1, 0.15) is 0 Å². The number of nitrogens with zero attached hydrogens (tertiary/aromatic N) is 1. The Balaban J connectivity index is 1.44. The number of thiazole rings is 1. The molecule has 4 rings (SSSR count). The van der Waals surface area contributed by atoms with E-state index < -0.39 is 17.5 Å². The largest absolute Gasteiger partial charge is 0.484 e. The van der Waals surface area contributed by atoms with E-state index in [2.05, 4.69) is 10.3 Å². The number of hydrogen-bond donors (Lipinski definition) is 1. The maximum atomic E-state index is 13.7. The van der Waals surface area contributed by atoms with Crippen molar-refractivity contribution < 1.29 is 18.3 Å². The average molecular weight is 370 g/mol. The number of amides is 1. The standard InChI is InChI=1S/C19H12F2N2O2S/c20-13-8-15(21)18-16(9-13)26-19(23-18)22-17(24)10-25-14-6-5-11-3-1-2-4-12(11)7-14/h1-9H,10H2,(H,22,23,24). The minimum absolute atomic E-state index is 0.0298. The van der Waals surface area contributed by atoms with Crippen molar-refractivity contribution in [3.63, 3.8) is 0 Å². The van der Waals surface area contributed by atoms with Gasteiger partial charge in [-0.15, -0.1) is 0 Å². The summed E-state index contributed by atoms with van der Waals surface area (Å²) in [5.41, 5.74) is 0.0298. The molecule has 0 aliphatic carbocycles. The molecule has 1 heterocycles. The molecule has 7 heteroatoms. The van der Waals surface area contributed by atoms with Crippen molar-refractivity contribution in [3.05, 3.63) is 66.2 Å². The second-order valence-corrected chi connectivity index (χ2v) is 6.63.